The molecule has 3 heterocycles. The van der Waals surface area contributed by atoms with E-state index in [0.717, 1.165) is 29.0 Å². The highest BCUT2D eigenvalue weighted by atomic mass is 35.5. The zero-order valence-corrected chi connectivity index (χ0v) is 18.2. The van der Waals surface area contributed by atoms with E-state index < -0.39 is 0 Å². The Morgan fingerprint density at radius 2 is 1.97 bits per heavy atom. The molecule has 7 heteroatoms. The van der Waals surface area contributed by atoms with E-state index in [0.29, 0.717) is 23.2 Å². The van der Waals surface area contributed by atoms with Gasteiger partial charge in [-0.3, -0.25) is 4.79 Å². The maximum absolute atomic E-state index is 12.7. The SMILES string of the molecule is O=C(Nc1cc(Cc2cn3cc(C4CC4)ccc3n2)ncn1)C1CC1c1cccc(Cl)c1. The second-order valence-corrected chi connectivity index (χ2v) is 9.24. The number of imidazole rings is 1. The van der Waals surface area contributed by atoms with Crippen molar-refractivity contribution in [3.63, 3.8) is 0 Å². The lowest BCUT2D eigenvalue weighted by molar-refractivity contribution is -0.117. The number of hydrogen-bond acceptors (Lipinski definition) is 4. The molecule has 0 spiro atoms. The minimum Gasteiger partial charge on any atom is -0.310 e. The van der Waals surface area contributed by atoms with Crippen molar-refractivity contribution in [2.75, 3.05) is 5.32 Å². The van der Waals surface area contributed by atoms with Crippen LogP contribution in [0.1, 0.15) is 53.6 Å². The molecule has 2 atom stereocenters. The van der Waals surface area contributed by atoms with Gasteiger partial charge in [-0.25, -0.2) is 15.0 Å². The molecule has 6 rings (SSSR count). The van der Waals surface area contributed by atoms with Crippen LogP contribution in [0.2, 0.25) is 5.02 Å². The first kappa shape index (κ1) is 19.4. The molecule has 160 valence electrons. The average molecular weight is 444 g/mol. The van der Waals surface area contributed by atoms with Gasteiger partial charge in [-0.05, 0) is 60.4 Å². The summed E-state index contributed by atoms with van der Waals surface area (Å²) >= 11 is 6.08. The fraction of sp³-hybridized carbons (Fsp3) is 0.280. The molecular weight excluding hydrogens is 422 g/mol. The number of aromatic nitrogens is 4. The van der Waals surface area contributed by atoms with Gasteiger partial charge in [-0.2, -0.15) is 0 Å². The molecule has 6 nitrogen and oxygen atoms in total. The lowest BCUT2D eigenvalue weighted by Crippen LogP contribution is -2.16. The summed E-state index contributed by atoms with van der Waals surface area (Å²) in [4.78, 5) is 26.0. The van der Waals surface area contributed by atoms with Crippen LogP contribution in [-0.2, 0) is 11.2 Å². The maximum Gasteiger partial charge on any atom is 0.229 e. The molecule has 0 saturated heterocycles. The molecule has 0 bridgehead atoms. The van der Waals surface area contributed by atoms with Gasteiger partial charge in [-0.15, -0.1) is 0 Å². The number of anilines is 1. The lowest BCUT2D eigenvalue weighted by atomic mass is 10.1. The van der Waals surface area contributed by atoms with Crippen molar-refractivity contribution in [2.45, 2.75) is 37.5 Å². The normalized spacial score (nSPS) is 19.8. The molecular formula is C25H22ClN5O. The predicted molar refractivity (Wildman–Crippen MR) is 123 cm³/mol. The smallest absolute Gasteiger partial charge is 0.229 e. The second-order valence-electron chi connectivity index (χ2n) is 8.80. The van der Waals surface area contributed by atoms with Crippen LogP contribution in [-0.4, -0.2) is 25.3 Å². The summed E-state index contributed by atoms with van der Waals surface area (Å²) in [6, 6.07) is 13.8. The van der Waals surface area contributed by atoms with E-state index in [-0.39, 0.29) is 17.7 Å². The zero-order valence-electron chi connectivity index (χ0n) is 17.4. The van der Waals surface area contributed by atoms with Crippen molar-refractivity contribution >= 4 is 29.0 Å². The predicted octanol–water partition coefficient (Wildman–Crippen LogP) is 4.99. The number of benzene rings is 1. The Balaban J connectivity index is 1.13. The van der Waals surface area contributed by atoms with Crippen LogP contribution in [0.3, 0.4) is 0 Å². The van der Waals surface area contributed by atoms with Crippen LogP contribution in [0, 0.1) is 5.92 Å². The van der Waals surface area contributed by atoms with E-state index in [9.17, 15) is 4.79 Å². The van der Waals surface area contributed by atoms with Crippen LogP contribution in [0.15, 0.2) is 61.2 Å². The fourth-order valence-corrected chi connectivity index (χ4v) is 4.56. The van der Waals surface area contributed by atoms with Crippen molar-refractivity contribution in [3.8, 4) is 0 Å². The van der Waals surface area contributed by atoms with Crippen molar-refractivity contribution in [2.24, 2.45) is 5.92 Å². The summed E-state index contributed by atoms with van der Waals surface area (Å²) in [5, 5.41) is 3.65. The van der Waals surface area contributed by atoms with Crippen LogP contribution >= 0.6 is 11.6 Å². The minimum atomic E-state index is -0.0500. The van der Waals surface area contributed by atoms with Crippen molar-refractivity contribution in [1.29, 1.82) is 0 Å². The van der Waals surface area contributed by atoms with Gasteiger partial charge in [0.15, 0.2) is 0 Å². The van der Waals surface area contributed by atoms with Crippen LogP contribution < -0.4 is 5.32 Å². The average Bonchev–Trinajstić information content (AvgIpc) is 3.70. The molecule has 32 heavy (non-hydrogen) atoms. The Bertz CT molecular complexity index is 1330. The van der Waals surface area contributed by atoms with Crippen molar-refractivity contribution < 1.29 is 4.79 Å². The van der Waals surface area contributed by atoms with Gasteiger partial charge in [0.1, 0.15) is 17.8 Å². The molecule has 2 aliphatic carbocycles. The number of fused-ring (bicyclic) bond motifs is 1. The number of pyridine rings is 1. The van der Waals surface area contributed by atoms with E-state index in [1.54, 1.807) is 0 Å². The van der Waals surface area contributed by atoms with Crippen LogP contribution in [0.25, 0.3) is 5.65 Å². The van der Waals surface area contributed by atoms with E-state index in [4.69, 9.17) is 16.6 Å². The van der Waals surface area contributed by atoms with Gasteiger partial charge in [0.2, 0.25) is 5.91 Å². The van der Waals surface area contributed by atoms with Gasteiger partial charge in [-0.1, -0.05) is 29.8 Å². The summed E-state index contributed by atoms with van der Waals surface area (Å²) in [6.45, 7) is 0. The van der Waals surface area contributed by atoms with E-state index >= 15 is 0 Å². The van der Waals surface area contributed by atoms with Gasteiger partial charge < -0.3 is 9.72 Å². The highest BCUT2D eigenvalue weighted by molar-refractivity contribution is 6.30. The molecule has 0 aliphatic heterocycles. The van der Waals surface area contributed by atoms with Gasteiger partial charge in [0.25, 0.3) is 0 Å². The highest BCUT2D eigenvalue weighted by Crippen LogP contribution is 2.48. The third kappa shape index (κ3) is 3.98. The second kappa shape index (κ2) is 7.71. The van der Waals surface area contributed by atoms with Gasteiger partial charge in [0.05, 0.1) is 11.4 Å². The first-order valence-corrected chi connectivity index (χ1v) is 11.3. The van der Waals surface area contributed by atoms with Crippen LogP contribution in [0.4, 0.5) is 5.82 Å². The number of carbonyl (C=O) groups is 1. The Morgan fingerprint density at radius 3 is 2.81 bits per heavy atom. The number of nitrogens with zero attached hydrogens (tertiary/aromatic N) is 4. The van der Waals surface area contributed by atoms with E-state index in [1.165, 1.54) is 24.7 Å². The van der Waals surface area contributed by atoms with Crippen molar-refractivity contribution in [3.05, 3.63) is 88.7 Å². The first-order chi connectivity index (χ1) is 15.6. The van der Waals surface area contributed by atoms with Crippen LogP contribution in [0.5, 0.6) is 0 Å². The van der Waals surface area contributed by atoms with Gasteiger partial charge >= 0.3 is 0 Å². The molecule has 2 unspecified atom stereocenters. The number of carbonyl (C=O) groups excluding carboxylic acids is 1. The van der Waals surface area contributed by atoms with Crippen molar-refractivity contribution in [1.82, 2.24) is 19.4 Å². The van der Waals surface area contributed by atoms with Gasteiger partial charge in [0, 0.05) is 35.8 Å². The molecule has 1 amide bonds. The highest BCUT2D eigenvalue weighted by Gasteiger charge is 2.44. The maximum atomic E-state index is 12.7. The summed E-state index contributed by atoms with van der Waals surface area (Å²) in [5.74, 6) is 1.39. The summed E-state index contributed by atoms with van der Waals surface area (Å²) in [6.07, 6.45) is 9.71. The number of halogens is 1. The van der Waals surface area contributed by atoms with E-state index in [2.05, 4.69) is 44.2 Å². The Kier molecular flexibility index (Phi) is 4.68. The summed E-state index contributed by atoms with van der Waals surface area (Å²) in [7, 11) is 0. The quantitative estimate of drug-likeness (QED) is 0.455. The standard InChI is InChI=1S/C25H22ClN5O/c26-18-3-1-2-16(8-18)21-11-22(21)25(32)30-23-10-19(27-14-28-23)9-20-13-31-12-17(15-4-5-15)6-7-24(31)29-20/h1-3,6-8,10,12-15,21-22H,4-5,9,11H2,(H,27,28,30,32). The molecule has 0 radical (unpaired) electrons. The fourth-order valence-electron chi connectivity index (χ4n) is 4.36. The first-order valence-electron chi connectivity index (χ1n) is 11.0. The monoisotopic (exact) mass is 443 g/mol. The topological polar surface area (TPSA) is 72.2 Å². The zero-order chi connectivity index (χ0) is 21.7. The third-order valence-corrected chi connectivity index (χ3v) is 6.55. The lowest BCUT2D eigenvalue weighted by Gasteiger charge is -2.06. The Hall–Kier alpha value is -3.25. The minimum absolute atomic E-state index is 0.0139. The molecule has 3 aromatic heterocycles. The molecule has 2 fully saturated rings. The number of hydrogen-bond donors (Lipinski definition) is 1. The number of nitrogens with one attached hydrogen (secondary N) is 1. The number of rotatable bonds is 6. The molecule has 4 aromatic rings. The summed E-state index contributed by atoms with van der Waals surface area (Å²) in [5.41, 5.74) is 5.19. The van der Waals surface area contributed by atoms with E-state index in [1.807, 2.05) is 30.3 Å². The third-order valence-electron chi connectivity index (χ3n) is 6.31. The summed E-state index contributed by atoms with van der Waals surface area (Å²) < 4.78 is 2.09. The Morgan fingerprint density at radius 1 is 1.06 bits per heavy atom. The molecule has 1 aromatic carbocycles. The molecule has 2 aliphatic rings. The Labute approximate surface area is 190 Å². The molecule has 2 saturated carbocycles. The number of amides is 1. The largest absolute Gasteiger partial charge is 0.310 e. The molecule has 1 N–H and O–H groups in total.